The van der Waals surface area contributed by atoms with E-state index in [9.17, 15) is 14.0 Å². The van der Waals surface area contributed by atoms with Crippen LogP contribution in [0.2, 0.25) is 0 Å². The Morgan fingerprint density at radius 2 is 1.69 bits per heavy atom. The number of rotatable bonds is 9. The standard InChI is InChI=1S/C24H31FN2O2/c1-17(2)15-26-24(29)19(4)27(16-21-7-5-6-8-22(21)25)23(28)14-13-20-11-9-18(3)10-12-20/h5-12,17,19H,13-16H2,1-4H3,(H,26,29). The Morgan fingerprint density at radius 1 is 1.03 bits per heavy atom. The van der Waals surface area contributed by atoms with Gasteiger partial charge in [0.1, 0.15) is 11.9 Å². The monoisotopic (exact) mass is 398 g/mol. The van der Waals surface area contributed by atoms with E-state index in [0.29, 0.717) is 24.4 Å². The van der Waals surface area contributed by atoms with Gasteiger partial charge < -0.3 is 10.2 Å². The third kappa shape index (κ3) is 7.00. The van der Waals surface area contributed by atoms with Gasteiger partial charge in [-0.15, -0.1) is 0 Å². The highest BCUT2D eigenvalue weighted by Gasteiger charge is 2.26. The summed E-state index contributed by atoms with van der Waals surface area (Å²) in [5.41, 5.74) is 2.63. The molecule has 0 saturated heterocycles. The molecule has 29 heavy (non-hydrogen) atoms. The molecule has 5 heteroatoms. The van der Waals surface area contributed by atoms with Gasteiger partial charge in [0.05, 0.1) is 0 Å². The van der Waals surface area contributed by atoms with Crippen LogP contribution in [0.4, 0.5) is 4.39 Å². The topological polar surface area (TPSA) is 49.4 Å². The molecule has 2 rings (SSSR count). The number of carbonyl (C=O) groups excluding carboxylic acids is 2. The molecule has 0 aliphatic carbocycles. The van der Waals surface area contributed by atoms with E-state index in [-0.39, 0.29) is 30.6 Å². The largest absolute Gasteiger partial charge is 0.354 e. The summed E-state index contributed by atoms with van der Waals surface area (Å²) in [5, 5.41) is 2.87. The van der Waals surface area contributed by atoms with Crippen LogP contribution in [-0.2, 0) is 22.6 Å². The summed E-state index contributed by atoms with van der Waals surface area (Å²) in [6.45, 7) is 8.33. The lowest BCUT2D eigenvalue weighted by atomic mass is 10.1. The first-order valence-corrected chi connectivity index (χ1v) is 10.1. The maximum atomic E-state index is 14.2. The van der Waals surface area contributed by atoms with Crippen LogP contribution in [0.15, 0.2) is 48.5 Å². The Labute approximate surface area is 173 Å². The fraction of sp³-hybridized carbons (Fsp3) is 0.417. The Bertz CT molecular complexity index is 818. The lowest BCUT2D eigenvalue weighted by Crippen LogP contribution is -2.48. The maximum Gasteiger partial charge on any atom is 0.242 e. The van der Waals surface area contributed by atoms with E-state index in [1.54, 1.807) is 25.1 Å². The molecule has 1 atom stereocenters. The Kier molecular flexibility index (Phi) is 8.37. The molecule has 4 nitrogen and oxygen atoms in total. The van der Waals surface area contributed by atoms with Crippen LogP contribution in [0.3, 0.4) is 0 Å². The molecule has 1 N–H and O–H groups in total. The summed E-state index contributed by atoms with van der Waals surface area (Å²) in [6.07, 6.45) is 0.840. The second kappa shape index (κ2) is 10.7. The smallest absolute Gasteiger partial charge is 0.242 e. The van der Waals surface area contributed by atoms with Crippen LogP contribution < -0.4 is 5.32 Å². The molecule has 0 fully saturated rings. The average molecular weight is 399 g/mol. The van der Waals surface area contributed by atoms with E-state index >= 15 is 0 Å². The molecule has 0 saturated carbocycles. The molecule has 2 aromatic carbocycles. The molecule has 0 aliphatic rings. The van der Waals surface area contributed by atoms with E-state index in [0.717, 1.165) is 11.1 Å². The van der Waals surface area contributed by atoms with Crippen molar-refractivity contribution in [3.63, 3.8) is 0 Å². The molecular formula is C24H31FN2O2. The van der Waals surface area contributed by atoms with Gasteiger partial charge in [0, 0.05) is 25.1 Å². The van der Waals surface area contributed by atoms with Gasteiger partial charge in [0.25, 0.3) is 0 Å². The van der Waals surface area contributed by atoms with Gasteiger partial charge in [0.2, 0.25) is 11.8 Å². The van der Waals surface area contributed by atoms with Crippen molar-refractivity contribution >= 4 is 11.8 Å². The second-order valence-electron chi connectivity index (χ2n) is 7.91. The highest BCUT2D eigenvalue weighted by atomic mass is 19.1. The summed E-state index contributed by atoms with van der Waals surface area (Å²) in [4.78, 5) is 27.1. The molecule has 2 amide bonds. The van der Waals surface area contributed by atoms with E-state index in [1.807, 2.05) is 45.0 Å². The normalized spacial score (nSPS) is 11.9. The molecule has 156 valence electrons. The van der Waals surface area contributed by atoms with Crippen LogP contribution in [0.1, 0.15) is 43.9 Å². The van der Waals surface area contributed by atoms with Crippen LogP contribution >= 0.6 is 0 Å². The number of hydrogen-bond donors (Lipinski definition) is 1. The summed E-state index contributed by atoms with van der Waals surface area (Å²) in [5.74, 6) is -0.457. The van der Waals surface area contributed by atoms with E-state index < -0.39 is 6.04 Å². The lowest BCUT2D eigenvalue weighted by Gasteiger charge is -2.29. The second-order valence-corrected chi connectivity index (χ2v) is 7.91. The summed E-state index contributed by atoms with van der Waals surface area (Å²) in [7, 11) is 0. The van der Waals surface area contributed by atoms with Gasteiger partial charge in [-0.05, 0) is 37.8 Å². The number of hydrogen-bond acceptors (Lipinski definition) is 2. The molecule has 0 bridgehead atoms. The van der Waals surface area contributed by atoms with Crippen LogP contribution in [0.5, 0.6) is 0 Å². The highest BCUT2D eigenvalue weighted by molar-refractivity contribution is 5.87. The lowest BCUT2D eigenvalue weighted by molar-refractivity contribution is -0.140. The van der Waals surface area contributed by atoms with E-state index in [4.69, 9.17) is 0 Å². The molecule has 1 unspecified atom stereocenters. The van der Waals surface area contributed by atoms with Crippen molar-refractivity contribution in [1.29, 1.82) is 0 Å². The number of benzene rings is 2. The van der Waals surface area contributed by atoms with Crippen molar-refractivity contribution in [2.45, 2.75) is 53.1 Å². The predicted molar refractivity (Wildman–Crippen MR) is 114 cm³/mol. The quantitative estimate of drug-likeness (QED) is 0.686. The zero-order valence-corrected chi connectivity index (χ0v) is 17.7. The minimum Gasteiger partial charge on any atom is -0.354 e. The first-order chi connectivity index (χ1) is 13.8. The van der Waals surface area contributed by atoms with Crippen molar-refractivity contribution in [3.8, 4) is 0 Å². The van der Waals surface area contributed by atoms with Gasteiger partial charge >= 0.3 is 0 Å². The fourth-order valence-electron chi connectivity index (χ4n) is 2.99. The zero-order valence-electron chi connectivity index (χ0n) is 17.7. The summed E-state index contributed by atoms with van der Waals surface area (Å²) >= 11 is 0. The Hall–Kier alpha value is -2.69. The fourth-order valence-corrected chi connectivity index (χ4v) is 2.99. The maximum absolute atomic E-state index is 14.2. The highest BCUT2D eigenvalue weighted by Crippen LogP contribution is 2.15. The zero-order chi connectivity index (χ0) is 21.4. The number of nitrogens with zero attached hydrogens (tertiary/aromatic N) is 1. The first kappa shape index (κ1) is 22.6. The molecular weight excluding hydrogens is 367 g/mol. The third-order valence-corrected chi connectivity index (χ3v) is 4.90. The Balaban J connectivity index is 2.13. The van der Waals surface area contributed by atoms with Gasteiger partial charge in [-0.3, -0.25) is 9.59 Å². The molecule has 0 radical (unpaired) electrons. The van der Waals surface area contributed by atoms with Crippen molar-refractivity contribution in [1.82, 2.24) is 10.2 Å². The van der Waals surface area contributed by atoms with Crippen molar-refractivity contribution in [2.75, 3.05) is 6.54 Å². The number of halogens is 1. The average Bonchev–Trinajstić information content (AvgIpc) is 2.70. The first-order valence-electron chi connectivity index (χ1n) is 10.1. The van der Waals surface area contributed by atoms with E-state index in [1.165, 1.54) is 11.0 Å². The van der Waals surface area contributed by atoms with Gasteiger partial charge in [-0.2, -0.15) is 0 Å². The molecule has 0 heterocycles. The van der Waals surface area contributed by atoms with Gasteiger partial charge in [-0.25, -0.2) is 4.39 Å². The number of carbonyl (C=O) groups is 2. The molecule has 0 aliphatic heterocycles. The Morgan fingerprint density at radius 3 is 2.31 bits per heavy atom. The minimum absolute atomic E-state index is 0.0651. The van der Waals surface area contributed by atoms with Gasteiger partial charge in [0.15, 0.2) is 0 Å². The van der Waals surface area contributed by atoms with Crippen LogP contribution in [0, 0.1) is 18.7 Å². The van der Waals surface area contributed by atoms with Gasteiger partial charge in [-0.1, -0.05) is 61.9 Å². The summed E-state index contributed by atoms with van der Waals surface area (Å²) < 4.78 is 14.2. The van der Waals surface area contributed by atoms with Crippen molar-refractivity contribution in [3.05, 3.63) is 71.0 Å². The summed E-state index contributed by atoms with van der Waals surface area (Å²) in [6, 6.07) is 13.7. The number of nitrogens with one attached hydrogen (secondary N) is 1. The molecule has 0 spiro atoms. The molecule has 2 aromatic rings. The van der Waals surface area contributed by atoms with Crippen molar-refractivity contribution < 1.29 is 14.0 Å². The number of aryl methyl sites for hydroxylation is 2. The SMILES string of the molecule is Cc1ccc(CCC(=O)N(Cc2ccccc2F)C(C)C(=O)NCC(C)C)cc1. The van der Waals surface area contributed by atoms with Crippen molar-refractivity contribution in [2.24, 2.45) is 5.92 Å². The van der Waals surface area contributed by atoms with E-state index in [2.05, 4.69) is 5.32 Å². The minimum atomic E-state index is -0.682. The third-order valence-electron chi connectivity index (χ3n) is 4.90. The number of amides is 2. The predicted octanol–water partition coefficient (Wildman–Crippen LogP) is 4.26. The molecule has 0 aromatic heterocycles. The van der Waals surface area contributed by atoms with Crippen LogP contribution in [-0.4, -0.2) is 29.3 Å². The van der Waals surface area contributed by atoms with Crippen LogP contribution in [0.25, 0.3) is 0 Å².